The smallest absolute Gasteiger partial charge is 0.346 e. The van der Waals surface area contributed by atoms with Crippen molar-refractivity contribution >= 4 is 27.3 Å². The molecular weight excluding hydrogens is 314 g/mol. The van der Waals surface area contributed by atoms with Crippen LogP contribution in [0, 0.1) is 6.92 Å². The monoisotopic (exact) mass is 327 g/mol. The number of carbonyl (C=O) groups is 1. The maximum Gasteiger partial charge on any atom is 0.346 e. The first-order valence-electron chi connectivity index (χ1n) is 6.23. The van der Waals surface area contributed by atoms with E-state index in [0.717, 1.165) is 11.3 Å². The lowest BCUT2D eigenvalue weighted by molar-refractivity contribution is 0.0701. The highest BCUT2D eigenvalue weighted by Crippen LogP contribution is 2.30. The zero-order chi connectivity index (χ0) is 15.2. The molecule has 3 heterocycles. The van der Waals surface area contributed by atoms with Crippen molar-refractivity contribution in [1.82, 2.24) is 13.9 Å². The summed E-state index contributed by atoms with van der Waals surface area (Å²) in [6.45, 7) is 2.70. The molecule has 9 heteroatoms. The Kier molecular flexibility index (Phi) is 3.34. The van der Waals surface area contributed by atoms with E-state index in [2.05, 4.69) is 4.98 Å². The number of sulfonamides is 1. The standard InChI is InChI=1S/C12H13N3O4S2/c1-8-6-10(20-11(8)12(16)17)21(18,19)15-5-4-14-3-2-13-9(14)7-15/h2-3,6H,4-5,7H2,1H3,(H,16,17). The summed E-state index contributed by atoms with van der Waals surface area (Å²) < 4.78 is 28.5. The summed E-state index contributed by atoms with van der Waals surface area (Å²) in [6.07, 6.45) is 3.46. The molecule has 0 saturated heterocycles. The molecule has 0 amide bonds. The van der Waals surface area contributed by atoms with Crippen LogP contribution in [0.25, 0.3) is 0 Å². The Bertz CT molecular complexity index is 806. The van der Waals surface area contributed by atoms with E-state index in [1.54, 1.807) is 13.1 Å². The molecule has 2 aromatic rings. The lowest BCUT2D eigenvalue weighted by atomic mass is 10.3. The molecule has 3 rings (SSSR count). The first kappa shape index (κ1) is 14.2. The third-order valence-corrected chi connectivity index (χ3v) is 6.91. The molecule has 7 nitrogen and oxygen atoms in total. The van der Waals surface area contributed by atoms with Crippen molar-refractivity contribution < 1.29 is 18.3 Å². The Morgan fingerprint density at radius 3 is 2.86 bits per heavy atom. The summed E-state index contributed by atoms with van der Waals surface area (Å²) in [4.78, 5) is 15.2. The molecule has 0 radical (unpaired) electrons. The van der Waals surface area contributed by atoms with Crippen LogP contribution >= 0.6 is 11.3 Å². The molecule has 0 atom stereocenters. The predicted molar refractivity (Wildman–Crippen MR) is 75.8 cm³/mol. The van der Waals surface area contributed by atoms with Crippen LogP contribution in [-0.2, 0) is 23.1 Å². The van der Waals surface area contributed by atoms with Crippen LogP contribution in [0.5, 0.6) is 0 Å². The fraction of sp³-hybridized carbons (Fsp3) is 0.333. The van der Waals surface area contributed by atoms with E-state index >= 15 is 0 Å². The van der Waals surface area contributed by atoms with Gasteiger partial charge in [-0.1, -0.05) is 0 Å². The number of aromatic nitrogens is 2. The number of hydrogen-bond acceptors (Lipinski definition) is 5. The lowest BCUT2D eigenvalue weighted by Gasteiger charge is -2.26. The van der Waals surface area contributed by atoms with Crippen LogP contribution in [-0.4, -0.2) is 39.9 Å². The van der Waals surface area contributed by atoms with Gasteiger partial charge in [-0.25, -0.2) is 18.2 Å². The fourth-order valence-corrected chi connectivity index (χ4v) is 5.20. The highest BCUT2D eigenvalue weighted by molar-refractivity contribution is 7.91. The fourth-order valence-electron chi connectivity index (χ4n) is 2.28. The van der Waals surface area contributed by atoms with Gasteiger partial charge in [0.2, 0.25) is 0 Å². The number of fused-ring (bicyclic) bond motifs is 1. The summed E-state index contributed by atoms with van der Waals surface area (Å²) in [5.74, 6) is -0.412. The van der Waals surface area contributed by atoms with Crippen molar-refractivity contribution in [2.45, 2.75) is 24.2 Å². The van der Waals surface area contributed by atoms with E-state index in [1.807, 2.05) is 10.8 Å². The van der Waals surface area contributed by atoms with Crippen molar-refractivity contribution in [1.29, 1.82) is 0 Å². The molecule has 0 aromatic carbocycles. The van der Waals surface area contributed by atoms with Gasteiger partial charge in [0.05, 0.1) is 6.54 Å². The second kappa shape index (κ2) is 4.93. The van der Waals surface area contributed by atoms with E-state index < -0.39 is 16.0 Å². The third-order valence-electron chi connectivity index (χ3n) is 3.39. The molecular formula is C12H13N3O4S2. The average molecular weight is 327 g/mol. The average Bonchev–Trinajstić information content (AvgIpc) is 3.03. The van der Waals surface area contributed by atoms with E-state index in [-0.39, 0.29) is 15.6 Å². The number of thiophene rings is 1. The topological polar surface area (TPSA) is 92.5 Å². The number of imidazole rings is 1. The van der Waals surface area contributed by atoms with Crippen molar-refractivity contribution in [2.24, 2.45) is 0 Å². The van der Waals surface area contributed by atoms with Gasteiger partial charge in [-0.3, -0.25) is 0 Å². The van der Waals surface area contributed by atoms with Crippen LogP contribution in [0.4, 0.5) is 0 Å². The molecule has 112 valence electrons. The SMILES string of the molecule is Cc1cc(S(=O)(=O)N2CCn3ccnc3C2)sc1C(=O)O. The van der Waals surface area contributed by atoms with Crippen LogP contribution in [0.1, 0.15) is 21.1 Å². The van der Waals surface area contributed by atoms with E-state index in [0.29, 0.717) is 24.5 Å². The predicted octanol–water partition coefficient (Wildman–Crippen LogP) is 1.16. The van der Waals surface area contributed by atoms with Gasteiger partial charge in [0, 0.05) is 25.5 Å². The molecule has 1 aliphatic heterocycles. The van der Waals surface area contributed by atoms with Crippen molar-refractivity contribution in [2.75, 3.05) is 6.54 Å². The van der Waals surface area contributed by atoms with Gasteiger partial charge in [0.15, 0.2) is 0 Å². The van der Waals surface area contributed by atoms with Crippen molar-refractivity contribution in [3.8, 4) is 0 Å². The quantitative estimate of drug-likeness (QED) is 0.913. The van der Waals surface area contributed by atoms with Gasteiger partial charge in [0.1, 0.15) is 14.9 Å². The third kappa shape index (κ3) is 2.37. The number of carboxylic acid groups (broad SMARTS) is 1. The zero-order valence-electron chi connectivity index (χ0n) is 11.2. The highest BCUT2D eigenvalue weighted by Gasteiger charge is 2.31. The lowest BCUT2D eigenvalue weighted by Crippen LogP contribution is -2.37. The summed E-state index contributed by atoms with van der Waals surface area (Å²) in [6, 6.07) is 1.42. The minimum absolute atomic E-state index is 0.0621. The Labute approximate surface area is 125 Å². The Balaban J connectivity index is 1.95. The van der Waals surface area contributed by atoms with Gasteiger partial charge in [-0.15, -0.1) is 11.3 Å². The minimum atomic E-state index is -3.68. The van der Waals surface area contributed by atoms with Gasteiger partial charge < -0.3 is 9.67 Å². The number of hydrogen-bond donors (Lipinski definition) is 1. The Morgan fingerprint density at radius 1 is 1.43 bits per heavy atom. The molecule has 0 saturated carbocycles. The number of aryl methyl sites for hydroxylation is 1. The summed E-state index contributed by atoms with van der Waals surface area (Å²) in [7, 11) is -3.68. The van der Waals surface area contributed by atoms with E-state index in [1.165, 1.54) is 10.4 Å². The van der Waals surface area contributed by atoms with Crippen LogP contribution in [0.3, 0.4) is 0 Å². The summed E-state index contributed by atoms with van der Waals surface area (Å²) >= 11 is 0.795. The normalized spacial score (nSPS) is 15.9. The number of rotatable bonds is 3. The minimum Gasteiger partial charge on any atom is -0.477 e. The second-order valence-corrected chi connectivity index (χ2v) is 7.98. The maximum absolute atomic E-state index is 12.6. The van der Waals surface area contributed by atoms with Crippen molar-refractivity contribution in [3.63, 3.8) is 0 Å². The number of nitrogens with zero attached hydrogens (tertiary/aromatic N) is 3. The van der Waals surface area contributed by atoms with Crippen molar-refractivity contribution in [3.05, 3.63) is 34.7 Å². The second-order valence-electron chi connectivity index (χ2n) is 4.76. The Hall–Kier alpha value is -1.71. The molecule has 1 N–H and O–H groups in total. The van der Waals surface area contributed by atoms with Crippen LogP contribution in [0.15, 0.2) is 22.7 Å². The number of carboxylic acids is 1. The molecule has 0 bridgehead atoms. The summed E-state index contributed by atoms with van der Waals surface area (Å²) in [5.41, 5.74) is 0.463. The highest BCUT2D eigenvalue weighted by atomic mass is 32.2. The molecule has 0 fully saturated rings. The van der Waals surface area contributed by atoms with Gasteiger partial charge in [-0.05, 0) is 18.6 Å². The maximum atomic E-state index is 12.6. The molecule has 0 unspecified atom stereocenters. The zero-order valence-corrected chi connectivity index (χ0v) is 12.8. The molecule has 21 heavy (non-hydrogen) atoms. The summed E-state index contributed by atoms with van der Waals surface area (Å²) in [5, 5.41) is 9.05. The largest absolute Gasteiger partial charge is 0.477 e. The first-order chi connectivity index (χ1) is 9.89. The van der Waals surface area contributed by atoms with E-state index in [4.69, 9.17) is 5.11 Å². The molecule has 0 aliphatic carbocycles. The molecule has 2 aromatic heterocycles. The van der Waals surface area contributed by atoms with Crippen LogP contribution < -0.4 is 0 Å². The van der Waals surface area contributed by atoms with E-state index in [9.17, 15) is 13.2 Å². The van der Waals surface area contributed by atoms with Gasteiger partial charge >= 0.3 is 5.97 Å². The first-order valence-corrected chi connectivity index (χ1v) is 8.49. The van der Waals surface area contributed by atoms with Gasteiger partial charge in [-0.2, -0.15) is 4.31 Å². The number of aromatic carboxylic acids is 1. The Morgan fingerprint density at radius 2 is 2.19 bits per heavy atom. The van der Waals surface area contributed by atoms with Gasteiger partial charge in [0.25, 0.3) is 10.0 Å². The van der Waals surface area contributed by atoms with Crippen LogP contribution in [0.2, 0.25) is 0 Å². The molecule has 1 aliphatic rings. The molecule has 0 spiro atoms.